The van der Waals surface area contributed by atoms with E-state index in [1.54, 1.807) is 10.4 Å². The standard InChI is InChI=1S/C11H17N3O3S3/c1-3-14(9-4-5-20(16,17)6-9)10(15)8(2)19-11-13-12-7-18-11/h7-9H,3-6H2,1-2H3/t8-,9+/m0/s1. The van der Waals surface area contributed by atoms with E-state index in [1.807, 2.05) is 13.8 Å². The molecule has 0 bridgehead atoms. The first-order chi connectivity index (χ1) is 9.43. The van der Waals surface area contributed by atoms with Crippen LogP contribution in [-0.4, -0.2) is 58.8 Å². The van der Waals surface area contributed by atoms with Crippen molar-refractivity contribution in [1.29, 1.82) is 0 Å². The maximum absolute atomic E-state index is 12.5. The molecule has 1 aromatic heterocycles. The fourth-order valence-electron chi connectivity index (χ4n) is 2.26. The van der Waals surface area contributed by atoms with Gasteiger partial charge in [0.15, 0.2) is 14.2 Å². The van der Waals surface area contributed by atoms with E-state index in [9.17, 15) is 13.2 Å². The van der Waals surface area contributed by atoms with Crippen molar-refractivity contribution in [1.82, 2.24) is 15.1 Å². The molecule has 9 heteroatoms. The van der Waals surface area contributed by atoms with Crippen LogP contribution < -0.4 is 0 Å². The lowest BCUT2D eigenvalue weighted by Gasteiger charge is -2.29. The average Bonchev–Trinajstić information content (AvgIpc) is 3.00. The zero-order valence-corrected chi connectivity index (χ0v) is 13.8. The zero-order valence-electron chi connectivity index (χ0n) is 11.4. The minimum Gasteiger partial charge on any atom is -0.338 e. The molecule has 0 radical (unpaired) electrons. The highest BCUT2D eigenvalue weighted by atomic mass is 32.2. The van der Waals surface area contributed by atoms with Gasteiger partial charge in [0, 0.05) is 12.6 Å². The highest BCUT2D eigenvalue weighted by Crippen LogP contribution is 2.27. The molecular formula is C11H17N3O3S3. The number of rotatable bonds is 5. The number of carbonyl (C=O) groups excluding carboxylic acids is 1. The highest BCUT2D eigenvalue weighted by Gasteiger charge is 2.35. The first-order valence-corrected chi connectivity index (χ1v) is 9.94. The summed E-state index contributed by atoms with van der Waals surface area (Å²) >= 11 is 2.76. The molecule has 2 rings (SSSR count). The lowest BCUT2D eigenvalue weighted by molar-refractivity contribution is -0.131. The number of aromatic nitrogens is 2. The van der Waals surface area contributed by atoms with Gasteiger partial charge in [-0.15, -0.1) is 10.2 Å². The van der Waals surface area contributed by atoms with Crippen LogP contribution >= 0.6 is 23.1 Å². The van der Waals surface area contributed by atoms with E-state index >= 15 is 0 Å². The van der Waals surface area contributed by atoms with Gasteiger partial charge in [0.2, 0.25) is 5.91 Å². The molecule has 0 spiro atoms. The number of nitrogens with zero attached hydrogens (tertiary/aromatic N) is 3. The molecule has 1 aromatic rings. The molecular weight excluding hydrogens is 318 g/mol. The molecule has 2 atom stereocenters. The third kappa shape index (κ3) is 3.70. The van der Waals surface area contributed by atoms with Gasteiger partial charge in [-0.05, 0) is 20.3 Å². The Morgan fingerprint density at radius 2 is 2.40 bits per heavy atom. The monoisotopic (exact) mass is 335 g/mol. The van der Waals surface area contributed by atoms with Crippen LogP contribution in [-0.2, 0) is 14.6 Å². The molecule has 1 amide bonds. The maximum Gasteiger partial charge on any atom is 0.236 e. The van der Waals surface area contributed by atoms with Gasteiger partial charge >= 0.3 is 0 Å². The van der Waals surface area contributed by atoms with E-state index in [0.29, 0.717) is 13.0 Å². The van der Waals surface area contributed by atoms with Gasteiger partial charge in [0.1, 0.15) is 5.51 Å². The van der Waals surface area contributed by atoms with Crippen molar-refractivity contribution < 1.29 is 13.2 Å². The van der Waals surface area contributed by atoms with Gasteiger partial charge in [-0.3, -0.25) is 4.79 Å². The zero-order chi connectivity index (χ0) is 14.8. The van der Waals surface area contributed by atoms with E-state index in [4.69, 9.17) is 0 Å². The largest absolute Gasteiger partial charge is 0.338 e. The van der Waals surface area contributed by atoms with Crippen LogP contribution in [0.5, 0.6) is 0 Å². The Morgan fingerprint density at radius 1 is 1.65 bits per heavy atom. The van der Waals surface area contributed by atoms with E-state index in [0.717, 1.165) is 4.34 Å². The van der Waals surface area contributed by atoms with Crippen molar-refractivity contribution in [2.45, 2.75) is 35.9 Å². The topological polar surface area (TPSA) is 80.2 Å². The van der Waals surface area contributed by atoms with Crippen LogP contribution in [0.25, 0.3) is 0 Å². The van der Waals surface area contributed by atoms with Gasteiger partial charge in [-0.1, -0.05) is 23.1 Å². The van der Waals surface area contributed by atoms with Gasteiger partial charge in [0.05, 0.1) is 16.8 Å². The van der Waals surface area contributed by atoms with Gasteiger partial charge in [0.25, 0.3) is 0 Å². The number of thioether (sulfide) groups is 1. The van der Waals surface area contributed by atoms with Crippen LogP contribution in [0.2, 0.25) is 0 Å². The van der Waals surface area contributed by atoms with Crippen molar-refractivity contribution in [3.63, 3.8) is 0 Å². The second kappa shape index (κ2) is 6.40. The molecule has 0 N–H and O–H groups in total. The Balaban J connectivity index is 2.02. The molecule has 112 valence electrons. The van der Waals surface area contributed by atoms with E-state index in [-0.39, 0.29) is 28.7 Å². The summed E-state index contributed by atoms with van der Waals surface area (Å²) in [6.07, 6.45) is 0.540. The summed E-state index contributed by atoms with van der Waals surface area (Å²) in [5.41, 5.74) is 1.63. The second-order valence-electron chi connectivity index (χ2n) is 4.65. The molecule has 1 saturated heterocycles. The number of sulfone groups is 1. The summed E-state index contributed by atoms with van der Waals surface area (Å²) in [6.45, 7) is 4.23. The average molecular weight is 335 g/mol. The van der Waals surface area contributed by atoms with Gasteiger partial charge in [-0.2, -0.15) is 0 Å². The predicted octanol–water partition coefficient (Wildman–Crippen LogP) is 1.05. The Bertz CT molecular complexity index is 559. The van der Waals surface area contributed by atoms with E-state index < -0.39 is 9.84 Å². The molecule has 2 heterocycles. The summed E-state index contributed by atoms with van der Waals surface area (Å²) in [4.78, 5) is 14.1. The number of amides is 1. The van der Waals surface area contributed by atoms with Crippen molar-refractivity contribution in [2.75, 3.05) is 18.1 Å². The minimum atomic E-state index is -2.98. The van der Waals surface area contributed by atoms with Crippen LogP contribution in [0.4, 0.5) is 0 Å². The molecule has 20 heavy (non-hydrogen) atoms. The Labute approximate surface area is 126 Å². The maximum atomic E-state index is 12.5. The fraction of sp³-hybridized carbons (Fsp3) is 0.727. The van der Waals surface area contributed by atoms with Crippen molar-refractivity contribution in [3.8, 4) is 0 Å². The quantitative estimate of drug-likeness (QED) is 0.748. The van der Waals surface area contributed by atoms with E-state index in [1.165, 1.54) is 23.1 Å². The molecule has 0 aliphatic carbocycles. The van der Waals surface area contributed by atoms with Crippen LogP contribution in [0, 0.1) is 0 Å². The SMILES string of the molecule is CCN(C(=O)[C@H](C)Sc1nncs1)[C@@H]1CCS(=O)(=O)C1. The van der Waals surface area contributed by atoms with Crippen LogP contribution in [0.15, 0.2) is 9.85 Å². The molecule has 0 aromatic carbocycles. The summed E-state index contributed by atoms with van der Waals surface area (Å²) in [5, 5.41) is 7.36. The number of carbonyl (C=O) groups is 1. The fourth-order valence-corrected chi connectivity index (χ4v) is 5.69. The third-order valence-corrected chi connectivity index (χ3v) is 6.89. The van der Waals surface area contributed by atoms with Crippen LogP contribution in [0.1, 0.15) is 20.3 Å². The highest BCUT2D eigenvalue weighted by molar-refractivity contribution is 8.02. The lowest BCUT2D eigenvalue weighted by atomic mass is 10.2. The summed E-state index contributed by atoms with van der Waals surface area (Å²) in [6, 6.07) is -0.185. The first-order valence-electron chi connectivity index (χ1n) is 6.36. The Kier molecular flexibility index (Phi) is 5.03. The van der Waals surface area contributed by atoms with Gasteiger partial charge in [-0.25, -0.2) is 8.42 Å². The molecule has 0 saturated carbocycles. The van der Waals surface area contributed by atoms with Crippen molar-refractivity contribution in [3.05, 3.63) is 5.51 Å². The lowest BCUT2D eigenvalue weighted by Crippen LogP contribution is -2.44. The van der Waals surface area contributed by atoms with Crippen molar-refractivity contribution >= 4 is 38.8 Å². The third-order valence-electron chi connectivity index (χ3n) is 3.24. The minimum absolute atomic E-state index is 0.0326. The molecule has 1 aliphatic heterocycles. The van der Waals surface area contributed by atoms with E-state index in [2.05, 4.69) is 10.2 Å². The number of hydrogen-bond acceptors (Lipinski definition) is 7. The second-order valence-corrected chi connectivity index (χ2v) is 9.30. The van der Waals surface area contributed by atoms with Gasteiger partial charge < -0.3 is 4.90 Å². The molecule has 1 aliphatic rings. The summed E-state index contributed by atoms with van der Waals surface area (Å²) in [5.74, 6) is 0.233. The predicted molar refractivity (Wildman–Crippen MR) is 79.7 cm³/mol. The molecule has 1 fully saturated rings. The molecule has 6 nitrogen and oxygen atoms in total. The summed E-state index contributed by atoms with van der Waals surface area (Å²) in [7, 11) is -2.98. The normalized spacial score (nSPS) is 22.6. The Hall–Kier alpha value is -0.670. The summed E-state index contributed by atoms with van der Waals surface area (Å²) < 4.78 is 23.9. The molecule has 0 unspecified atom stereocenters. The Morgan fingerprint density at radius 3 is 2.90 bits per heavy atom. The van der Waals surface area contributed by atoms with Crippen molar-refractivity contribution in [2.24, 2.45) is 0 Å². The smallest absolute Gasteiger partial charge is 0.236 e. The van der Waals surface area contributed by atoms with Crippen LogP contribution in [0.3, 0.4) is 0 Å². The number of hydrogen-bond donors (Lipinski definition) is 0. The first kappa shape index (κ1) is 15.7.